The topological polar surface area (TPSA) is 79.5 Å². The minimum atomic E-state index is -0.981. The molecular weight excluding hydrogens is 234 g/mol. The molecule has 1 aromatic heterocycles. The molecule has 1 aromatic rings. The van der Waals surface area contributed by atoms with E-state index in [9.17, 15) is 9.59 Å². The molecule has 1 aliphatic carbocycles. The van der Waals surface area contributed by atoms with Crippen molar-refractivity contribution < 1.29 is 19.1 Å². The zero-order valence-electron chi connectivity index (χ0n) is 10.1. The van der Waals surface area contributed by atoms with Gasteiger partial charge in [-0.2, -0.15) is 0 Å². The SMILES string of the molecule is O=C(O)CC(NC1CCCC1)C(=O)c1ccco1. The van der Waals surface area contributed by atoms with Gasteiger partial charge in [-0.1, -0.05) is 12.8 Å². The second-order valence-corrected chi connectivity index (χ2v) is 4.64. The fraction of sp³-hybridized carbons (Fsp3) is 0.538. The van der Waals surface area contributed by atoms with Gasteiger partial charge in [-0.3, -0.25) is 9.59 Å². The van der Waals surface area contributed by atoms with Gasteiger partial charge in [0.05, 0.1) is 18.7 Å². The van der Waals surface area contributed by atoms with Gasteiger partial charge >= 0.3 is 5.97 Å². The quantitative estimate of drug-likeness (QED) is 0.754. The molecule has 5 heteroatoms. The third-order valence-corrected chi connectivity index (χ3v) is 3.25. The average Bonchev–Trinajstić information content (AvgIpc) is 2.99. The molecule has 98 valence electrons. The first kappa shape index (κ1) is 12.8. The van der Waals surface area contributed by atoms with E-state index in [1.54, 1.807) is 12.1 Å². The fourth-order valence-corrected chi connectivity index (χ4v) is 2.37. The number of aliphatic carboxylic acids is 1. The number of ketones is 1. The molecule has 0 spiro atoms. The molecule has 1 atom stereocenters. The molecule has 1 heterocycles. The van der Waals surface area contributed by atoms with Crippen LogP contribution in [0.3, 0.4) is 0 Å². The number of hydrogen-bond donors (Lipinski definition) is 2. The van der Waals surface area contributed by atoms with Crippen LogP contribution in [0.25, 0.3) is 0 Å². The van der Waals surface area contributed by atoms with Crippen molar-refractivity contribution in [3.05, 3.63) is 24.2 Å². The van der Waals surface area contributed by atoms with Gasteiger partial charge in [-0.25, -0.2) is 0 Å². The lowest BCUT2D eigenvalue weighted by molar-refractivity contribution is -0.137. The zero-order chi connectivity index (χ0) is 13.0. The van der Waals surface area contributed by atoms with Crippen LogP contribution in [-0.2, 0) is 4.79 Å². The van der Waals surface area contributed by atoms with Crippen LogP contribution in [0.1, 0.15) is 42.7 Å². The van der Waals surface area contributed by atoms with E-state index in [1.807, 2.05) is 0 Å². The standard InChI is InChI=1S/C13H17NO4/c15-12(16)8-10(14-9-4-1-2-5-9)13(17)11-6-3-7-18-11/h3,6-7,9-10,14H,1-2,4-5,8H2,(H,15,16). The Hall–Kier alpha value is -1.62. The van der Waals surface area contributed by atoms with E-state index in [-0.39, 0.29) is 24.0 Å². The minimum Gasteiger partial charge on any atom is -0.481 e. The predicted molar refractivity (Wildman–Crippen MR) is 64.5 cm³/mol. The van der Waals surface area contributed by atoms with E-state index in [2.05, 4.69) is 5.32 Å². The van der Waals surface area contributed by atoms with Crippen molar-refractivity contribution in [1.29, 1.82) is 0 Å². The maximum Gasteiger partial charge on any atom is 0.305 e. The first-order valence-corrected chi connectivity index (χ1v) is 6.22. The van der Waals surface area contributed by atoms with Crippen molar-refractivity contribution in [3.8, 4) is 0 Å². The predicted octanol–water partition coefficient (Wildman–Crippen LogP) is 1.84. The van der Waals surface area contributed by atoms with E-state index in [1.165, 1.54) is 6.26 Å². The van der Waals surface area contributed by atoms with E-state index in [4.69, 9.17) is 9.52 Å². The average molecular weight is 251 g/mol. The summed E-state index contributed by atoms with van der Waals surface area (Å²) in [6, 6.07) is 2.73. The molecular formula is C13H17NO4. The highest BCUT2D eigenvalue weighted by molar-refractivity contribution is 5.99. The Morgan fingerprint density at radius 2 is 2.17 bits per heavy atom. The molecule has 1 aliphatic rings. The summed E-state index contributed by atoms with van der Waals surface area (Å²) >= 11 is 0. The molecule has 0 aromatic carbocycles. The first-order chi connectivity index (χ1) is 8.66. The second kappa shape index (κ2) is 5.82. The Bertz CT molecular complexity index is 407. The van der Waals surface area contributed by atoms with E-state index < -0.39 is 12.0 Å². The molecule has 1 unspecified atom stereocenters. The van der Waals surface area contributed by atoms with Crippen LogP contribution in [0, 0.1) is 0 Å². The van der Waals surface area contributed by atoms with Crippen LogP contribution in [0.2, 0.25) is 0 Å². The molecule has 18 heavy (non-hydrogen) atoms. The Kier molecular flexibility index (Phi) is 4.15. The largest absolute Gasteiger partial charge is 0.481 e. The molecule has 0 aliphatic heterocycles. The molecule has 0 radical (unpaired) electrons. The number of carboxylic acid groups (broad SMARTS) is 1. The third-order valence-electron chi connectivity index (χ3n) is 3.25. The summed E-state index contributed by atoms with van der Waals surface area (Å²) in [6.45, 7) is 0. The maximum atomic E-state index is 12.1. The fourth-order valence-electron chi connectivity index (χ4n) is 2.37. The molecule has 5 nitrogen and oxygen atoms in total. The molecule has 0 bridgehead atoms. The van der Waals surface area contributed by atoms with Gasteiger partial charge in [0.25, 0.3) is 0 Å². The first-order valence-electron chi connectivity index (χ1n) is 6.22. The zero-order valence-corrected chi connectivity index (χ0v) is 10.1. The summed E-state index contributed by atoms with van der Waals surface area (Å²) in [5.74, 6) is -1.05. The van der Waals surface area contributed by atoms with Crippen LogP contribution in [0.4, 0.5) is 0 Å². The minimum absolute atomic E-state index is 0.212. The Morgan fingerprint density at radius 3 is 2.72 bits per heavy atom. The number of hydrogen-bond acceptors (Lipinski definition) is 4. The lowest BCUT2D eigenvalue weighted by atomic mass is 10.1. The van der Waals surface area contributed by atoms with Crippen molar-refractivity contribution >= 4 is 11.8 Å². The lowest BCUT2D eigenvalue weighted by Crippen LogP contribution is -2.43. The number of Topliss-reactive ketones (excluding diaryl/α,β-unsaturated/α-hetero) is 1. The van der Waals surface area contributed by atoms with Crippen molar-refractivity contribution in [1.82, 2.24) is 5.32 Å². The summed E-state index contributed by atoms with van der Waals surface area (Å²) in [7, 11) is 0. The molecule has 0 amide bonds. The van der Waals surface area contributed by atoms with Crippen LogP contribution < -0.4 is 5.32 Å². The normalized spacial score (nSPS) is 17.8. The monoisotopic (exact) mass is 251 g/mol. The number of carbonyl (C=O) groups is 2. The second-order valence-electron chi connectivity index (χ2n) is 4.64. The molecule has 0 saturated heterocycles. The van der Waals surface area contributed by atoms with Gasteiger partial charge in [0.15, 0.2) is 5.76 Å². The summed E-state index contributed by atoms with van der Waals surface area (Å²) in [4.78, 5) is 22.9. The van der Waals surface area contributed by atoms with Crippen molar-refractivity contribution in [2.24, 2.45) is 0 Å². The Balaban J connectivity index is 2.03. The Labute approximate surface area is 105 Å². The summed E-state index contributed by atoms with van der Waals surface area (Å²) in [5.41, 5.74) is 0. The highest BCUT2D eigenvalue weighted by atomic mass is 16.4. The van der Waals surface area contributed by atoms with Gasteiger partial charge in [-0.15, -0.1) is 0 Å². The van der Waals surface area contributed by atoms with Crippen LogP contribution in [0.5, 0.6) is 0 Å². The summed E-state index contributed by atoms with van der Waals surface area (Å²) in [5, 5.41) is 12.0. The maximum absolute atomic E-state index is 12.1. The number of nitrogens with one attached hydrogen (secondary N) is 1. The van der Waals surface area contributed by atoms with Crippen molar-refractivity contribution in [3.63, 3.8) is 0 Å². The third kappa shape index (κ3) is 3.20. The van der Waals surface area contributed by atoms with E-state index >= 15 is 0 Å². The molecule has 1 fully saturated rings. The lowest BCUT2D eigenvalue weighted by Gasteiger charge is -2.19. The van der Waals surface area contributed by atoms with Gasteiger partial charge in [0, 0.05) is 6.04 Å². The van der Waals surface area contributed by atoms with Gasteiger partial charge < -0.3 is 14.8 Å². The highest BCUT2D eigenvalue weighted by Gasteiger charge is 2.28. The van der Waals surface area contributed by atoms with E-state index in [0.717, 1.165) is 25.7 Å². The summed E-state index contributed by atoms with van der Waals surface area (Å²) in [6.07, 6.45) is 5.47. The summed E-state index contributed by atoms with van der Waals surface area (Å²) < 4.78 is 5.04. The van der Waals surface area contributed by atoms with Crippen LogP contribution in [0.15, 0.2) is 22.8 Å². The van der Waals surface area contributed by atoms with Crippen molar-refractivity contribution in [2.75, 3.05) is 0 Å². The number of carbonyl (C=O) groups excluding carboxylic acids is 1. The van der Waals surface area contributed by atoms with E-state index in [0.29, 0.717) is 0 Å². The van der Waals surface area contributed by atoms with Gasteiger partial charge in [0.1, 0.15) is 0 Å². The molecule has 1 saturated carbocycles. The van der Waals surface area contributed by atoms with Crippen LogP contribution >= 0.6 is 0 Å². The smallest absolute Gasteiger partial charge is 0.305 e. The number of rotatable bonds is 6. The van der Waals surface area contributed by atoms with Crippen molar-refractivity contribution in [2.45, 2.75) is 44.2 Å². The number of carboxylic acids is 1. The van der Waals surface area contributed by atoms with Gasteiger partial charge in [-0.05, 0) is 25.0 Å². The van der Waals surface area contributed by atoms with Gasteiger partial charge in [0.2, 0.25) is 5.78 Å². The highest BCUT2D eigenvalue weighted by Crippen LogP contribution is 2.19. The molecule has 2 N–H and O–H groups in total. The Morgan fingerprint density at radius 1 is 1.44 bits per heavy atom. The molecule has 2 rings (SSSR count). The number of furan rings is 1. The van der Waals surface area contributed by atoms with Crippen LogP contribution in [-0.4, -0.2) is 28.9 Å².